The Kier molecular flexibility index (Phi) is 4.08. The third-order valence-corrected chi connectivity index (χ3v) is 4.11. The van der Waals surface area contributed by atoms with E-state index in [9.17, 15) is 4.39 Å². The summed E-state index contributed by atoms with van der Waals surface area (Å²) in [4.78, 5) is 9.27. The van der Waals surface area contributed by atoms with E-state index in [1.165, 1.54) is 12.1 Å². The van der Waals surface area contributed by atoms with Crippen molar-refractivity contribution in [2.24, 2.45) is 9.98 Å². The van der Waals surface area contributed by atoms with Gasteiger partial charge < -0.3 is 0 Å². The highest BCUT2D eigenvalue weighted by molar-refractivity contribution is 8.13. The molecule has 2 aromatic carbocycles. The van der Waals surface area contributed by atoms with E-state index in [0.29, 0.717) is 11.6 Å². The van der Waals surface area contributed by atoms with E-state index < -0.39 is 0 Å². The van der Waals surface area contributed by atoms with Crippen molar-refractivity contribution in [3.05, 3.63) is 64.4 Å². The number of hydrogen-bond donors (Lipinski definition) is 0. The van der Waals surface area contributed by atoms with Gasteiger partial charge in [0.1, 0.15) is 5.82 Å². The zero-order valence-electron chi connectivity index (χ0n) is 11.3. The first-order valence-electron chi connectivity index (χ1n) is 6.39. The van der Waals surface area contributed by atoms with Crippen LogP contribution in [0.25, 0.3) is 0 Å². The van der Waals surface area contributed by atoms with Crippen molar-refractivity contribution in [3.8, 4) is 0 Å². The van der Waals surface area contributed by atoms with Gasteiger partial charge >= 0.3 is 0 Å². The molecule has 3 rings (SSSR count). The fourth-order valence-corrected chi connectivity index (χ4v) is 2.72. The van der Waals surface area contributed by atoms with Crippen molar-refractivity contribution < 1.29 is 4.39 Å². The molecule has 0 aliphatic carbocycles. The quantitative estimate of drug-likeness (QED) is 0.746. The van der Waals surface area contributed by atoms with Gasteiger partial charge in [0, 0.05) is 16.1 Å². The van der Waals surface area contributed by atoms with E-state index in [2.05, 4.69) is 9.98 Å². The van der Waals surface area contributed by atoms with Gasteiger partial charge in [-0.25, -0.2) is 9.38 Å². The molecule has 1 aliphatic rings. The number of benzene rings is 2. The van der Waals surface area contributed by atoms with Crippen LogP contribution in [0, 0.1) is 5.82 Å². The van der Waals surface area contributed by atoms with Gasteiger partial charge in [-0.15, -0.1) is 11.8 Å². The highest BCUT2D eigenvalue weighted by atomic mass is 35.5. The molecule has 0 aromatic heterocycles. The molecule has 21 heavy (non-hydrogen) atoms. The predicted molar refractivity (Wildman–Crippen MR) is 89.0 cm³/mol. The average Bonchev–Trinajstić information content (AvgIpc) is 2.67. The maximum absolute atomic E-state index is 13.1. The van der Waals surface area contributed by atoms with Crippen LogP contribution in [0.2, 0.25) is 5.02 Å². The van der Waals surface area contributed by atoms with Crippen molar-refractivity contribution in [1.82, 2.24) is 0 Å². The van der Waals surface area contributed by atoms with Gasteiger partial charge in [0.05, 0.1) is 23.0 Å². The van der Waals surface area contributed by atoms with Crippen molar-refractivity contribution in [2.75, 3.05) is 12.8 Å². The largest absolute Gasteiger partial charge is 0.277 e. The molecule has 1 heterocycles. The summed E-state index contributed by atoms with van der Waals surface area (Å²) >= 11 is 7.69. The normalized spacial score (nSPS) is 14.0. The van der Waals surface area contributed by atoms with Crippen LogP contribution in [0.5, 0.6) is 0 Å². The molecule has 0 fully saturated rings. The van der Waals surface area contributed by atoms with Crippen LogP contribution < -0.4 is 0 Å². The topological polar surface area (TPSA) is 24.7 Å². The number of rotatable bonds is 1. The number of fused-ring (bicyclic) bond motifs is 1. The summed E-state index contributed by atoms with van der Waals surface area (Å²) in [6, 6.07) is 11.9. The van der Waals surface area contributed by atoms with Gasteiger partial charge in [-0.1, -0.05) is 11.6 Å². The third-order valence-electron chi connectivity index (χ3n) is 3.18. The fourth-order valence-electron chi connectivity index (χ4n) is 2.16. The Labute approximate surface area is 131 Å². The second kappa shape index (κ2) is 6.00. The fraction of sp³-hybridized carbons (Fsp3) is 0.125. The average molecular weight is 319 g/mol. The van der Waals surface area contributed by atoms with Crippen LogP contribution in [0.3, 0.4) is 0 Å². The van der Waals surface area contributed by atoms with Gasteiger partial charge in [0.2, 0.25) is 0 Å². The first-order valence-corrected chi connectivity index (χ1v) is 7.99. The minimum Gasteiger partial charge on any atom is -0.277 e. The Hall–Kier alpha value is -1.65. The number of halogens is 2. The summed E-state index contributed by atoms with van der Waals surface area (Å²) in [6.07, 6.45) is 1.98. The first-order chi connectivity index (χ1) is 10.2. The van der Waals surface area contributed by atoms with E-state index in [0.717, 1.165) is 27.6 Å². The Morgan fingerprint density at radius 2 is 1.90 bits per heavy atom. The zero-order chi connectivity index (χ0) is 14.8. The molecular formula is C16H12ClFN2S. The Balaban J connectivity index is 2.17. The predicted octanol–water partition coefficient (Wildman–Crippen LogP) is 4.72. The van der Waals surface area contributed by atoms with E-state index in [4.69, 9.17) is 11.6 Å². The summed E-state index contributed by atoms with van der Waals surface area (Å²) in [5.41, 5.74) is 3.36. The molecule has 5 heteroatoms. The summed E-state index contributed by atoms with van der Waals surface area (Å²) < 4.78 is 13.1. The van der Waals surface area contributed by atoms with Crippen molar-refractivity contribution in [2.45, 2.75) is 0 Å². The van der Waals surface area contributed by atoms with E-state index in [1.54, 1.807) is 23.9 Å². The molecule has 0 unspecified atom stereocenters. The van der Waals surface area contributed by atoms with Crippen LogP contribution in [-0.4, -0.2) is 23.6 Å². The molecule has 0 bridgehead atoms. The number of aliphatic imine (C=N–C) groups is 2. The molecule has 0 saturated heterocycles. The molecule has 0 spiro atoms. The van der Waals surface area contributed by atoms with Crippen LogP contribution in [0.4, 0.5) is 10.1 Å². The maximum Gasteiger partial charge on any atom is 0.123 e. The zero-order valence-corrected chi connectivity index (χ0v) is 12.9. The van der Waals surface area contributed by atoms with E-state index >= 15 is 0 Å². The minimum atomic E-state index is -0.264. The van der Waals surface area contributed by atoms with Gasteiger partial charge in [-0.3, -0.25) is 4.99 Å². The monoisotopic (exact) mass is 318 g/mol. The molecular weight excluding hydrogens is 307 g/mol. The molecule has 0 amide bonds. The Bertz CT molecular complexity index is 738. The van der Waals surface area contributed by atoms with Crippen LogP contribution in [-0.2, 0) is 0 Å². The van der Waals surface area contributed by atoms with Crippen molar-refractivity contribution in [3.63, 3.8) is 0 Å². The second-order valence-corrected chi connectivity index (χ2v) is 5.86. The number of hydrogen-bond acceptors (Lipinski definition) is 3. The van der Waals surface area contributed by atoms with Gasteiger partial charge in [0.25, 0.3) is 0 Å². The number of thioether (sulfide) groups is 1. The van der Waals surface area contributed by atoms with Crippen LogP contribution in [0.15, 0.2) is 52.4 Å². The molecule has 2 nitrogen and oxygen atoms in total. The highest BCUT2D eigenvalue weighted by Crippen LogP contribution is 2.29. The standard InChI is InChI=1S/C16H12ClFN2S/c1-21-15-9-19-16(10-2-5-12(18)6-3-10)13-8-11(17)4-7-14(13)20-15/h2-8H,9H2,1H3. The minimum absolute atomic E-state index is 0.264. The number of nitrogens with zero attached hydrogens (tertiary/aromatic N) is 2. The molecule has 0 N–H and O–H groups in total. The molecule has 0 atom stereocenters. The molecule has 2 aromatic rings. The van der Waals surface area contributed by atoms with E-state index in [1.807, 2.05) is 24.5 Å². The highest BCUT2D eigenvalue weighted by Gasteiger charge is 2.16. The van der Waals surface area contributed by atoms with Gasteiger partial charge in [0.15, 0.2) is 0 Å². The Morgan fingerprint density at radius 1 is 1.14 bits per heavy atom. The molecule has 0 saturated carbocycles. The summed E-state index contributed by atoms with van der Waals surface area (Å²) in [5.74, 6) is -0.264. The lowest BCUT2D eigenvalue weighted by Crippen LogP contribution is -2.05. The second-order valence-electron chi connectivity index (χ2n) is 4.54. The van der Waals surface area contributed by atoms with E-state index in [-0.39, 0.29) is 5.82 Å². The lowest BCUT2D eigenvalue weighted by Gasteiger charge is -2.08. The molecule has 1 aliphatic heterocycles. The summed E-state index contributed by atoms with van der Waals surface area (Å²) in [5, 5.41) is 1.57. The van der Waals surface area contributed by atoms with Crippen molar-refractivity contribution in [1.29, 1.82) is 0 Å². The maximum atomic E-state index is 13.1. The third kappa shape index (κ3) is 3.01. The molecule has 106 valence electrons. The lowest BCUT2D eigenvalue weighted by molar-refractivity contribution is 0.628. The molecule has 0 radical (unpaired) electrons. The summed E-state index contributed by atoms with van der Waals surface area (Å²) in [7, 11) is 0. The van der Waals surface area contributed by atoms with Crippen molar-refractivity contribution >= 4 is 39.8 Å². The van der Waals surface area contributed by atoms with Gasteiger partial charge in [-0.05, 0) is 48.7 Å². The first kappa shape index (κ1) is 14.3. The smallest absolute Gasteiger partial charge is 0.123 e. The SMILES string of the molecule is CSC1=Nc2ccc(Cl)cc2C(c2ccc(F)cc2)=NC1. The van der Waals surface area contributed by atoms with Gasteiger partial charge in [-0.2, -0.15) is 0 Å². The van der Waals surface area contributed by atoms with Crippen LogP contribution >= 0.6 is 23.4 Å². The van der Waals surface area contributed by atoms with Crippen LogP contribution in [0.1, 0.15) is 11.1 Å². The lowest BCUT2D eigenvalue weighted by atomic mass is 10.0. The summed E-state index contributed by atoms with van der Waals surface area (Å²) in [6.45, 7) is 0.514. The Morgan fingerprint density at radius 3 is 2.62 bits per heavy atom.